The van der Waals surface area contributed by atoms with Crippen molar-refractivity contribution in [2.45, 2.75) is 64.3 Å². The Balaban J connectivity index is 1.87. The predicted octanol–water partition coefficient (Wildman–Crippen LogP) is 2.56. The molecule has 0 aromatic heterocycles. The number of carbonyl (C=O) groups is 1. The van der Waals surface area contributed by atoms with Gasteiger partial charge in [-0.1, -0.05) is 26.2 Å². The van der Waals surface area contributed by atoms with Crippen LogP contribution in [0.5, 0.6) is 0 Å². The van der Waals surface area contributed by atoms with Gasteiger partial charge < -0.3 is 10.2 Å². The van der Waals surface area contributed by atoms with Crippen molar-refractivity contribution in [3.63, 3.8) is 0 Å². The zero-order valence-electron chi connectivity index (χ0n) is 11.8. The van der Waals surface area contributed by atoms with E-state index in [0.717, 1.165) is 38.9 Å². The summed E-state index contributed by atoms with van der Waals surface area (Å²) in [6, 6.07) is 0.538. The molecule has 0 radical (unpaired) electrons. The first-order chi connectivity index (χ1) is 8.81. The zero-order chi connectivity index (χ0) is 12.8. The first-order valence-electron chi connectivity index (χ1n) is 7.83. The molecule has 0 aromatic rings. The van der Waals surface area contributed by atoms with Crippen LogP contribution in [0.3, 0.4) is 0 Å². The smallest absolute Gasteiger partial charge is 0.225 e. The van der Waals surface area contributed by atoms with E-state index < -0.39 is 0 Å². The summed E-state index contributed by atoms with van der Waals surface area (Å²) in [6.07, 6.45) is 9.66. The van der Waals surface area contributed by atoms with Crippen molar-refractivity contribution in [1.82, 2.24) is 10.2 Å². The van der Waals surface area contributed by atoms with Crippen molar-refractivity contribution in [1.29, 1.82) is 0 Å². The third-order valence-corrected chi connectivity index (χ3v) is 4.36. The Morgan fingerprint density at radius 3 is 2.50 bits per heavy atom. The lowest BCUT2D eigenvalue weighted by molar-refractivity contribution is -0.135. The standard InChI is InChI=1S/C15H28N2O/c1-2-11-17(12-14-9-5-6-10-16-14)15(18)13-7-3-4-8-13/h13-14,16H,2-12H2,1H3. The number of piperidine rings is 1. The largest absolute Gasteiger partial charge is 0.341 e. The van der Waals surface area contributed by atoms with Gasteiger partial charge in [-0.25, -0.2) is 0 Å². The number of amides is 1. The predicted molar refractivity (Wildman–Crippen MR) is 74.5 cm³/mol. The van der Waals surface area contributed by atoms with Crippen molar-refractivity contribution < 1.29 is 4.79 Å². The third-order valence-electron chi connectivity index (χ3n) is 4.36. The molecule has 18 heavy (non-hydrogen) atoms. The lowest BCUT2D eigenvalue weighted by atomic mass is 10.0. The van der Waals surface area contributed by atoms with Crippen LogP contribution in [0.4, 0.5) is 0 Å². The van der Waals surface area contributed by atoms with E-state index >= 15 is 0 Å². The maximum absolute atomic E-state index is 12.5. The van der Waals surface area contributed by atoms with Gasteiger partial charge in [0.25, 0.3) is 0 Å². The van der Waals surface area contributed by atoms with Gasteiger partial charge in [-0.05, 0) is 38.6 Å². The Morgan fingerprint density at radius 2 is 1.89 bits per heavy atom. The molecule has 0 aromatic carbocycles. The fourth-order valence-corrected chi connectivity index (χ4v) is 3.34. The maximum Gasteiger partial charge on any atom is 0.225 e. The van der Waals surface area contributed by atoms with Crippen LogP contribution >= 0.6 is 0 Å². The summed E-state index contributed by atoms with van der Waals surface area (Å²) < 4.78 is 0. The van der Waals surface area contributed by atoms with Crippen LogP contribution in [0.15, 0.2) is 0 Å². The molecule has 3 heteroatoms. The Hall–Kier alpha value is -0.570. The molecular formula is C15H28N2O. The van der Waals surface area contributed by atoms with Crippen LogP contribution in [0, 0.1) is 5.92 Å². The molecule has 1 N–H and O–H groups in total. The molecule has 2 rings (SSSR count). The number of nitrogens with zero attached hydrogens (tertiary/aromatic N) is 1. The zero-order valence-corrected chi connectivity index (χ0v) is 11.8. The number of rotatable bonds is 5. The molecule has 0 spiro atoms. The van der Waals surface area contributed by atoms with E-state index in [9.17, 15) is 4.79 Å². The fraction of sp³-hybridized carbons (Fsp3) is 0.933. The molecular weight excluding hydrogens is 224 g/mol. The second-order valence-electron chi connectivity index (χ2n) is 5.91. The first kappa shape index (κ1) is 13.9. The minimum atomic E-state index is 0.333. The van der Waals surface area contributed by atoms with Crippen LogP contribution in [-0.4, -0.2) is 36.5 Å². The van der Waals surface area contributed by atoms with Crippen molar-refractivity contribution >= 4 is 5.91 Å². The topological polar surface area (TPSA) is 32.3 Å². The summed E-state index contributed by atoms with van der Waals surface area (Å²) in [4.78, 5) is 14.6. The highest BCUT2D eigenvalue weighted by Crippen LogP contribution is 2.27. The molecule has 104 valence electrons. The second kappa shape index (κ2) is 7.13. The Kier molecular flexibility index (Phi) is 5.48. The minimum absolute atomic E-state index is 0.333. The van der Waals surface area contributed by atoms with E-state index in [4.69, 9.17) is 0 Å². The Labute approximate surface area is 111 Å². The van der Waals surface area contributed by atoms with E-state index in [1.54, 1.807) is 0 Å². The van der Waals surface area contributed by atoms with E-state index in [-0.39, 0.29) is 0 Å². The van der Waals surface area contributed by atoms with Gasteiger partial charge >= 0.3 is 0 Å². The summed E-state index contributed by atoms with van der Waals surface area (Å²) in [6.45, 7) is 5.17. The summed E-state index contributed by atoms with van der Waals surface area (Å²) in [5.74, 6) is 0.766. The van der Waals surface area contributed by atoms with Crippen LogP contribution < -0.4 is 5.32 Å². The molecule has 2 fully saturated rings. The van der Waals surface area contributed by atoms with Crippen molar-refractivity contribution in [3.05, 3.63) is 0 Å². The van der Waals surface area contributed by atoms with Gasteiger partial charge in [0.15, 0.2) is 0 Å². The van der Waals surface area contributed by atoms with Crippen molar-refractivity contribution in [3.8, 4) is 0 Å². The van der Waals surface area contributed by atoms with Crippen LogP contribution in [0.1, 0.15) is 58.3 Å². The van der Waals surface area contributed by atoms with Gasteiger partial charge in [0, 0.05) is 25.0 Å². The lowest BCUT2D eigenvalue weighted by Crippen LogP contribution is -2.47. The van der Waals surface area contributed by atoms with Gasteiger partial charge in [0.2, 0.25) is 5.91 Å². The molecule has 1 atom stereocenters. The molecule has 0 bridgehead atoms. The van der Waals surface area contributed by atoms with E-state index in [1.165, 1.54) is 32.1 Å². The lowest BCUT2D eigenvalue weighted by Gasteiger charge is -2.32. The molecule has 1 saturated carbocycles. The Bertz CT molecular complexity index is 255. The highest BCUT2D eigenvalue weighted by Gasteiger charge is 2.28. The molecule has 1 saturated heterocycles. The molecule has 2 aliphatic rings. The summed E-state index contributed by atoms with van der Waals surface area (Å²) >= 11 is 0. The highest BCUT2D eigenvalue weighted by molar-refractivity contribution is 5.79. The third kappa shape index (κ3) is 3.71. The molecule has 1 amide bonds. The van der Waals surface area contributed by atoms with Gasteiger partial charge in [0.05, 0.1) is 0 Å². The molecule has 1 aliphatic carbocycles. The van der Waals surface area contributed by atoms with Gasteiger partial charge in [0.1, 0.15) is 0 Å². The second-order valence-corrected chi connectivity index (χ2v) is 5.91. The average molecular weight is 252 g/mol. The summed E-state index contributed by atoms with van der Waals surface area (Å²) in [5.41, 5.74) is 0. The molecule has 3 nitrogen and oxygen atoms in total. The van der Waals surface area contributed by atoms with Gasteiger partial charge in [-0.15, -0.1) is 0 Å². The van der Waals surface area contributed by atoms with Gasteiger partial charge in [-0.2, -0.15) is 0 Å². The van der Waals surface area contributed by atoms with Crippen molar-refractivity contribution in [2.75, 3.05) is 19.6 Å². The van der Waals surface area contributed by atoms with Crippen molar-refractivity contribution in [2.24, 2.45) is 5.92 Å². The van der Waals surface area contributed by atoms with Crippen LogP contribution in [-0.2, 0) is 4.79 Å². The maximum atomic E-state index is 12.5. The molecule has 1 unspecified atom stereocenters. The summed E-state index contributed by atoms with van der Waals surface area (Å²) in [5, 5.41) is 3.56. The molecule has 1 aliphatic heterocycles. The number of carbonyl (C=O) groups excluding carboxylic acids is 1. The number of hydrogen-bond acceptors (Lipinski definition) is 2. The fourth-order valence-electron chi connectivity index (χ4n) is 3.34. The quantitative estimate of drug-likeness (QED) is 0.815. The number of hydrogen-bond donors (Lipinski definition) is 1. The monoisotopic (exact) mass is 252 g/mol. The average Bonchev–Trinajstić information content (AvgIpc) is 2.92. The van der Waals surface area contributed by atoms with Gasteiger partial charge in [-0.3, -0.25) is 4.79 Å². The Morgan fingerprint density at radius 1 is 1.17 bits per heavy atom. The molecule has 1 heterocycles. The van der Waals surface area contributed by atoms with E-state index in [1.807, 2.05) is 0 Å². The minimum Gasteiger partial charge on any atom is -0.341 e. The van der Waals surface area contributed by atoms with Crippen LogP contribution in [0.2, 0.25) is 0 Å². The highest BCUT2D eigenvalue weighted by atomic mass is 16.2. The SMILES string of the molecule is CCCN(CC1CCCCN1)C(=O)C1CCCC1. The van der Waals surface area contributed by atoms with E-state index in [0.29, 0.717) is 17.9 Å². The van der Waals surface area contributed by atoms with Crippen LogP contribution in [0.25, 0.3) is 0 Å². The first-order valence-corrected chi connectivity index (χ1v) is 7.83. The number of nitrogens with one attached hydrogen (secondary N) is 1. The normalized spacial score (nSPS) is 25.3. The van der Waals surface area contributed by atoms with E-state index in [2.05, 4.69) is 17.1 Å². The summed E-state index contributed by atoms with van der Waals surface area (Å²) in [7, 11) is 0.